The van der Waals surface area contributed by atoms with Gasteiger partial charge >= 0.3 is 5.97 Å². The van der Waals surface area contributed by atoms with Gasteiger partial charge in [-0.2, -0.15) is 5.10 Å². The predicted octanol–water partition coefficient (Wildman–Crippen LogP) is 4.06. The van der Waals surface area contributed by atoms with E-state index in [-0.39, 0.29) is 11.4 Å². The molecule has 2 aromatic carbocycles. The highest BCUT2D eigenvalue weighted by Crippen LogP contribution is 2.24. The molecule has 2 heterocycles. The molecule has 136 valence electrons. The first kappa shape index (κ1) is 16.9. The van der Waals surface area contributed by atoms with E-state index in [1.807, 2.05) is 54.7 Å². The number of aromatic nitrogens is 3. The third-order valence-corrected chi connectivity index (χ3v) is 4.46. The van der Waals surface area contributed by atoms with Crippen molar-refractivity contribution in [2.24, 2.45) is 0 Å². The van der Waals surface area contributed by atoms with Gasteiger partial charge in [0.25, 0.3) is 0 Å². The summed E-state index contributed by atoms with van der Waals surface area (Å²) < 4.78 is 7.37. The molecule has 0 aliphatic carbocycles. The van der Waals surface area contributed by atoms with E-state index in [0.717, 1.165) is 24.0 Å². The molecule has 0 fully saturated rings. The third-order valence-electron chi connectivity index (χ3n) is 4.46. The van der Waals surface area contributed by atoms with E-state index in [1.165, 1.54) is 21.8 Å². The number of hydrogen-bond donors (Lipinski definition) is 2. The van der Waals surface area contributed by atoms with Gasteiger partial charge in [0.2, 0.25) is 5.88 Å². The number of aryl methyl sites for hydroxylation is 1. The molecule has 0 amide bonds. The van der Waals surface area contributed by atoms with E-state index in [0.29, 0.717) is 6.61 Å². The minimum absolute atomic E-state index is 0.0611. The molecule has 2 N–H and O–H groups in total. The van der Waals surface area contributed by atoms with Gasteiger partial charge in [0.15, 0.2) is 0 Å². The van der Waals surface area contributed by atoms with Crippen LogP contribution in [-0.2, 0) is 6.42 Å². The molecule has 6 nitrogen and oxygen atoms in total. The van der Waals surface area contributed by atoms with Crippen molar-refractivity contribution in [2.75, 3.05) is 6.61 Å². The van der Waals surface area contributed by atoms with Crippen LogP contribution in [0.2, 0.25) is 0 Å². The molecule has 0 saturated carbocycles. The lowest BCUT2D eigenvalue weighted by atomic mass is 10.1. The molecule has 0 aliphatic rings. The van der Waals surface area contributed by atoms with Crippen LogP contribution in [-0.4, -0.2) is 32.4 Å². The maximum absolute atomic E-state index is 11.5. The minimum Gasteiger partial charge on any atom is -0.477 e. The van der Waals surface area contributed by atoms with Gasteiger partial charge in [0, 0.05) is 17.1 Å². The maximum Gasteiger partial charge on any atom is 0.342 e. The normalized spacial score (nSPS) is 11.0. The molecular weight excluding hydrogens is 342 g/mol. The molecule has 0 saturated heterocycles. The minimum atomic E-state index is -1.05. The first-order chi connectivity index (χ1) is 13.2. The van der Waals surface area contributed by atoms with Crippen LogP contribution in [0.3, 0.4) is 0 Å². The summed E-state index contributed by atoms with van der Waals surface area (Å²) >= 11 is 0. The highest BCUT2D eigenvalue weighted by molar-refractivity contribution is 5.90. The number of aromatic amines is 1. The lowest BCUT2D eigenvalue weighted by Crippen LogP contribution is -2.08. The number of nitrogens with one attached hydrogen (secondary N) is 1. The first-order valence-electron chi connectivity index (χ1n) is 8.78. The van der Waals surface area contributed by atoms with Gasteiger partial charge in [-0.3, -0.25) is 0 Å². The number of benzene rings is 2. The van der Waals surface area contributed by atoms with Crippen LogP contribution in [0.5, 0.6) is 5.88 Å². The van der Waals surface area contributed by atoms with E-state index < -0.39 is 5.97 Å². The molecule has 0 aliphatic heterocycles. The maximum atomic E-state index is 11.5. The molecule has 2 aromatic heterocycles. The van der Waals surface area contributed by atoms with Crippen LogP contribution in [0.4, 0.5) is 0 Å². The quantitative estimate of drug-likeness (QED) is 0.486. The number of H-pyrrole nitrogens is 1. The number of carboxylic acids is 1. The molecule has 6 heteroatoms. The Kier molecular flexibility index (Phi) is 4.61. The molecular formula is C21H19N3O3. The van der Waals surface area contributed by atoms with E-state index in [4.69, 9.17) is 4.74 Å². The average Bonchev–Trinajstić information content (AvgIpc) is 3.30. The van der Waals surface area contributed by atoms with Crippen molar-refractivity contribution in [1.82, 2.24) is 14.8 Å². The summed E-state index contributed by atoms with van der Waals surface area (Å²) in [5, 5.41) is 14.8. The number of nitrogens with zero attached hydrogens (tertiary/aromatic N) is 2. The highest BCUT2D eigenvalue weighted by atomic mass is 16.5. The second-order valence-corrected chi connectivity index (χ2v) is 6.23. The Bertz CT molecular complexity index is 1070. The molecule has 4 rings (SSSR count). The second-order valence-electron chi connectivity index (χ2n) is 6.23. The fraction of sp³-hybridized carbons (Fsp3) is 0.143. The van der Waals surface area contributed by atoms with E-state index in [2.05, 4.69) is 16.1 Å². The topological polar surface area (TPSA) is 80.1 Å². The molecule has 4 aromatic rings. The summed E-state index contributed by atoms with van der Waals surface area (Å²) in [7, 11) is 0. The van der Waals surface area contributed by atoms with Crippen molar-refractivity contribution in [2.45, 2.75) is 12.8 Å². The summed E-state index contributed by atoms with van der Waals surface area (Å²) in [5.74, 6) is -0.795. The Hall–Kier alpha value is -3.54. The van der Waals surface area contributed by atoms with Crippen LogP contribution in [0.25, 0.3) is 16.6 Å². The number of ether oxygens (including phenoxy) is 1. The van der Waals surface area contributed by atoms with Crippen LogP contribution in [0.15, 0.2) is 67.0 Å². The van der Waals surface area contributed by atoms with Crippen molar-refractivity contribution in [1.29, 1.82) is 0 Å². The Morgan fingerprint density at radius 1 is 1.11 bits per heavy atom. The summed E-state index contributed by atoms with van der Waals surface area (Å²) in [6, 6.07) is 17.5. The molecule has 27 heavy (non-hydrogen) atoms. The molecule has 0 bridgehead atoms. The van der Waals surface area contributed by atoms with E-state index >= 15 is 0 Å². The molecule has 0 radical (unpaired) electrons. The number of rotatable bonds is 7. The summed E-state index contributed by atoms with van der Waals surface area (Å²) in [6.45, 7) is 0.401. The smallest absolute Gasteiger partial charge is 0.342 e. The van der Waals surface area contributed by atoms with Crippen molar-refractivity contribution >= 4 is 16.9 Å². The van der Waals surface area contributed by atoms with Gasteiger partial charge in [-0.15, -0.1) is 0 Å². The number of carboxylic acid groups (broad SMARTS) is 1. The third kappa shape index (κ3) is 3.42. The number of aromatic carboxylic acids is 1. The Balaban J connectivity index is 1.48. The zero-order chi connectivity index (χ0) is 18.6. The number of para-hydroxylation sites is 2. The van der Waals surface area contributed by atoms with Crippen LogP contribution < -0.4 is 4.74 Å². The Morgan fingerprint density at radius 2 is 1.89 bits per heavy atom. The van der Waals surface area contributed by atoms with Crippen molar-refractivity contribution in [3.8, 4) is 11.6 Å². The van der Waals surface area contributed by atoms with Gasteiger partial charge < -0.3 is 14.8 Å². The van der Waals surface area contributed by atoms with Crippen LogP contribution >= 0.6 is 0 Å². The van der Waals surface area contributed by atoms with Gasteiger partial charge in [-0.1, -0.05) is 36.4 Å². The Morgan fingerprint density at radius 3 is 2.70 bits per heavy atom. The second kappa shape index (κ2) is 7.37. The number of carbonyl (C=O) groups is 1. The van der Waals surface area contributed by atoms with Gasteiger partial charge in [-0.25, -0.2) is 9.48 Å². The van der Waals surface area contributed by atoms with Crippen molar-refractivity contribution in [3.63, 3.8) is 0 Å². The van der Waals surface area contributed by atoms with Gasteiger partial charge in [-0.05, 0) is 36.6 Å². The standard InChI is InChI=1S/C21H19N3O3/c25-21(26)18-14-23-24(16-8-2-1-3-9-16)20(18)27-12-6-7-15-13-22-19-11-5-4-10-17(15)19/h1-5,8-11,13-14,22H,6-7,12H2,(H,25,26). The van der Waals surface area contributed by atoms with Crippen molar-refractivity contribution < 1.29 is 14.6 Å². The molecule has 0 spiro atoms. The monoisotopic (exact) mass is 361 g/mol. The SMILES string of the molecule is O=C(O)c1cnn(-c2ccccc2)c1OCCCc1c[nH]c2ccccc12. The zero-order valence-corrected chi connectivity index (χ0v) is 14.6. The fourth-order valence-corrected chi connectivity index (χ4v) is 3.15. The summed E-state index contributed by atoms with van der Waals surface area (Å²) in [6.07, 6.45) is 4.94. The fourth-order valence-electron chi connectivity index (χ4n) is 3.15. The zero-order valence-electron chi connectivity index (χ0n) is 14.6. The Labute approximate surface area is 156 Å². The van der Waals surface area contributed by atoms with Gasteiger partial charge in [0.05, 0.1) is 18.5 Å². The van der Waals surface area contributed by atoms with Crippen LogP contribution in [0.1, 0.15) is 22.3 Å². The largest absolute Gasteiger partial charge is 0.477 e. The van der Waals surface area contributed by atoms with Gasteiger partial charge in [0.1, 0.15) is 5.56 Å². The lowest BCUT2D eigenvalue weighted by molar-refractivity contribution is 0.0692. The lowest BCUT2D eigenvalue weighted by Gasteiger charge is -2.10. The number of hydrogen-bond acceptors (Lipinski definition) is 3. The first-order valence-corrected chi connectivity index (χ1v) is 8.78. The van der Waals surface area contributed by atoms with Crippen LogP contribution in [0, 0.1) is 0 Å². The van der Waals surface area contributed by atoms with Crippen molar-refractivity contribution in [3.05, 3.63) is 78.1 Å². The summed E-state index contributed by atoms with van der Waals surface area (Å²) in [4.78, 5) is 14.8. The predicted molar refractivity (Wildman–Crippen MR) is 103 cm³/mol. The molecule has 0 unspecified atom stereocenters. The van der Waals surface area contributed by atoms with E-state index in [1.54, 1.807) is 0 Å². The number of fused-ring (bicyclic) bond motifs is 1. The average molecular weight is 361 g/mol. The van der Waals surface area contributed by atoms with E-state index in [9.17, 15) is 9.90 Å². The summed E-state index contributed by atoms with van der Waals surface area (Å²) in [5.41, 5.74) is 3.16. The molecule has 0 atom stereocenters. The highest BCUT2D eigenvalue weighted by Gasteiger charge is 2.19.